The monoisotopic (exact) mass is 228 g/mol. The summed E-state index contributed by atoms with van der Waals surface area (Å²) >= 11 is 0. The number of esters is 1. The van der Waals surface area contributed by atoms with Crippen LogP contribution < -0.4 is 0 Å². The van der Waals surface area contributed by atoms with E-state index in [1.165, 1.54) is 0 Å². The minimum atomic E-state index is -0.986. The van der Waals surface area contributed by atoms with Crippen molar-refractivity contribution in [2.24, 2.45) is 5.92 Å². The van der Waals surface area contributed by atoms with Crippen molar-refractivity contribution >= 4 is 15.0 Å². The highest BCUT2D eigenvalue weighted by molar-refractivity contribution is 6.48. The van der Waals surface area contributed by atoms with Crippen LogP contribution in [-0.4, -0.2) is 21.6 Å². The van der Waals surface area contributed by atoms with Crippen LogP contribution in [0.25, 0.3) is 0 Å². The first kappa shape index (κ1) is 12.3. The number of carbonyl (C=O) groups excluding carboxylic acids is 1. The van der Waals surface area contributed by atoms with Gasteiger partial charge in [0.05, 0.1) is 18.3 Å². The highest BCUT2D eigenvalue weighted by Crippen LogP contribution is 2.25. The Morgan fingerprint density at radius 3 is 2.80 bits per heavy atom. The minimum Gasteiger partial charge on any atom is -0.550 e. The smallest absolute Gasteiger partial charge is 0.309 e. The standard InChI is InChI=1S/C11H20O3Si/c1-4-13-11(12)9-5-7-10(8-6-9)14-15(2)3/h7,9,15H,4-6,8H2,1-3H3. The fourth-order valence-electron chi connectivity index (χ4n) is 1.69. The van der Waals surface area contributed by atoms with Crippen LogP contribution in [0.3, 0.4) is 0 Å². The molecule has 0 saturated carbocycles. The summed E-state index contributed by atoms with van der Waals surface area (Å²) in [4.78, 5) is 11.4. The third kappa shape index (κ3) is 4.07. The van der Waals surface area contributed by atoms with E-state index < -0.39 is 9.04 Å². The summed E-state index contributed by atoms with van der Waals surface area (Å²) in [5, 5.41) is 0. The van der Waals surface area contributed by atoms with Crippen molar-refractivity contribution < 1.29 is 14.0 Å². The van der Waals surface area contributed by atoms with Crippen molar-refractivity contribution in [1.29, 1.82) is 0 Å². The number of hydrogen-bond donors (Lipinski definition) is 0. The van der Waals surface area contributed by atoms with Gasteiger partial charge >= 0.3 is 5.97 Å². The van der Waals surface area contributed by atoms with Crippen molar-refractivity contribution in [2.75, 3.05) is 6.61 Å². The molecule has 0 aromatic heterocycles. The highest BCUT2D eigenvalue weighted by atomic mass is 28.3. The zero-order valence-corrected chi connectivity index (χ0v) is 10.9. The second-order valence-corrected chi connectivity index (χ2v) is 6.39. The summed E-state index contributed by atoms with van der Waals surface area (Å²) in [6.07, 6.45) is 4.58. The van der Waals surface area contributed by atoms with Gasteiger partial charge in [-0.15, -0.1) is 0 Å². The Balaban J connectivity index is 2.40. The molecule has 15 heavy (non-hydrogen) atoms. The van der Waals surface area contributed by atoms with Gasteiger partial charge in [0, 0.05) is 6.42 Å². The van der Waals surface area contributed by atoms with Gasteiger partial charge in [0.15, 0.2) is 0 Å². The summed E-state index contributed by atoms with van der Waals surface area (Å²) in [5.41, 5.74) is 0. The maximum atomic E-state index is 11.4. The van der Waals surface area contributed by atoms with Gasteiger partial charge in [-0.1, -0.05) is 0 Å². The van der Waals surface area contributed by atoms with Crippen LogP contribution in [0.4, 0.5) is 0 Å². The van der Waals surface area contributed by atoms with Crippen LogP contribution >= 0.6 is 0 Å². The number of carbonyl (C=O) groups is 1. The molecule has 0 fully saturated rings. The lowest BCUT2D eigenvalue weighted by Crippen LogP contribution is -2.21. The van der Waals surface area contributed by atoms with E-state index in [1.54, 1.807) is 0 Å². The van der Waals surface area contributed by atoms with Crippen LogP contribution in [0.1, 0.15) is 26.2 Å². The lowest BCUT2D eigenvalue weighted by atomic mass is 9.93. The molecule has 86 valence electrons. The quantitative estimate of drug-likeness (QED) is 0.547. The molecule has 0 bridgehead atoms. The fraction of sp³-hybridized carbons (Fsp3) is 0.727. The Kier molecular flexibility index (Phi) is 4.88. The molecule has 0 aliphatic heterocycles. The van der Waals surface area contributed by atoms with Crippen LogP contribution in [0.15, 0.2) is 11.8 Å². The zero-order valence-electron chi connectivity index (χ0n) is 9.79. The van der Waals surface area contributed by atoms with Crippen molar-refractivity contribution in [2.45, 2.75) is 39.3 Å². The lowest BCUT2D eigenvalue weighted by Gasteiger charge is -2.22. The average molecular weight is 228 g/mol. The largest absolute Gasteiger partial charge is 0.550 e. The van der Waals surface area contributed by atoms with Crippen LogP contribution in [-0.2, 0) is 14.0 Å². The average Bonchev–Trinajstić information content (AvgIpc) is 2.18. The molecule has 1 rings (SSSR count). The zero-order chi connectivity index (χ0) is 11.3. The number of hydrogen-bond acceptors (Lipinski definition) is 3. The summed E-state index contributed by atoms with van der Waals surface area (Å²) in [5.74, 6) is 1.07. The van der Waals surface area contributed by atoms with Crippen molar-refractivity contribution in [3.8, 4) is 0 Å². The molecule has 3 nitrogen and oxygen atoms in total. The van der Waals surface area contributed by atoms with E-state index >= 15 is 0 Å². The Morgan fingerprint density at radius 1 is 1.60 bits per heavy atom. The first-order valence-electron chi connectivity index (χ1n) is 5.65. The van der Waals surface area contributed by atoms with E-state index in [2.05, 4.69) is 19.2 Å². The van der Waals surface area contributed by atoms with E-state index in [9.17, 15) is 4.79 Å². The topological polar surface area (TPSA) is 35.5 Å². The Bertz CT molecular complexity index is 248. The highest BCUT2D eigenvalue weighted by Gasteiger charge is 2.23. The van der Waals surface area contributed by atoms with Crippen LogP contribution in [0.5, 0.6) is 0 Å². The molecule has 1 unspecified atom stereocenters. The molecule has 0 heterocycles. The molecular formula is C11H20O3Si. The Morgan fingerprint density at radius 2 is 2.33 bits per heavy atom. The molecule has 1 atom stereocenters. The molecule has 0 aromatic carbocycles. The van der Waals surface area contributed by atoms with Gasteiger partial charge < -0.3 is 9.16 Å². The van der Waals surface area contributed by atoms with Crippen molar-refractivity contribution in [3.05, 3.63) is 11.8 Å². The summed E-state index contributed by atoms with van der Waals surface area (Å²) in [6.45, 7) is 6.62. The van der Waals surface area contributed by atoms with Gasteiger partial charge in [0.25, 0.3) is 0 Å². The fourth-order valence-corrected chi connectivity index (χ4v) is 2.51. The molecule has 0 radical (unpaired) electrons. The molecule has 1 aliphatic rings. The second kappa shape index (κ2) is 5.95. The molecule has 0 spiro atoms. The SMILES string of the molecule is CCOC(=O)C1CC=C(O[SiH](C)C)CC1. The Hall–Kier alpha value is -0.773. The van der Waals surface area contributed by atoms with Gasteiger partial charge in [-0.2, -0.15) is 0 Å². The van der Waals surface area contributed by atoms with E-state index in [1.807, 2.05) is 6.92 Å². The van der Waals surface area contributed by atoms with Crippen LogP contribution in [0.2, 0.25) is 13.1 Å². The number of rotatable bonds is 4. The normalized spacial score (nSPS) is 21.1. The summed E-state index contributed by atoms with van der Waals surface area (Å²) < 4.78 is 10.7. The minimum absolute atomic E-state index is 0.0473. The molecule has 0 amide bonds. The molecule has 1 aliphatic carbocycles. The van der Waals surface area contributed by atoms with Crippen molar-refractivity contribution in [3.63, 3.8) is 0 Å². The molecular weight excluding hydrogens is 208 g/mol. The summed E-state index contributed by atoms with van der Waals surface area (Å²) in [6, 6.07) is 0. The first-order chi connectivity index (χ1) is 7.13. The maximum Gasteiger partial charge on any atom is 0.309 e. The van der Waals surface area contributed by atoms with E-state index in [0.717, 1.165) is 25.0 Å². The summed E-state index contributed by atoms with van der Waals surface area (Å²) in [7, 11) is -0.986. The predicted octanol–water partition coefficient (Wildman–Crippen LogP) is 2.23. The molecule has 0 saturated heterocycles. The Labute approximate surface area is 93.2 Å². The van der Waals surface area contributed by atoms with E-state index in [0.29, 0.717) is 6.61 Å². The number of allylic oxidation sites excluding steroid dienone is 2. The van der Waals surface area contributed by atoms with Gasteiger partial charge in [-0.05, 0) is 38.9 Å². The van der Waals surface area contributed by atoms with Gasteiger partial charge in [-0.25, -0.2) is 0 Å². The van der Waals surface area contributed by atoms with Gasteiger partial charge in [0.1, 0.15) is 0 Å². The molecule has 0 N–H and O–H groups in total. The van der Waals surface area contributed by atoms with Gasteiger partial charge in [0.2, 0.25) is 9.04 Å². The predicted molar refractivity (Wildman–Crippen MR) is 62.0 cm³/mol. The first-order valence-corrected chi connectivity index (χ1v) is 8.44. The molecule has 0 aromatic rings. The van der Waals surface area contributed by atoms with E-state index in [4.69, 9.17) is 9.16 Å². The lowest BCUT2D eigenvalue weighted by molar-refractivity contribution is -0.148. The second-order valence-electron chi connectivity index (χ2n) is 4.06. The maximum absolute atomic E-state index is 11.4. The van der Waals surface area contributed by atoms with Gasteiger partial charge in [-0.3, -0.25) is 4.79 Å². The third-order valence-electron chi connectivity index (χ3n) is 2.38. The third-order valence-corrected chi connectivity index (χ3v) is 3.15. The van der Waals surface area contributed by atoms with E-state index in [-0.39, 0.29) is 11.9 Å². The number of ether oxygens (including phenoxy) is 1. The molecule has 4 heteroatoms. The van der Waals surface area contributed by atoms with Crippen LogP contribution in [0, 0.1) is 5.92 Å². The van der Waals surface area contributed by atoms with Crippen molar-refractivity contribution in [1.82, 2.24) is 0 Å².